The molecule has 0 bridgehead atoms. The molecule has 118 valence electrons. The molecule has 0 aliphatic heterocycles. The van der Waals surface area contributed by atoms with E-state index in [0.717, 1.165) is 11.3 Å². The van der Waals surface area contributed by atoms with Gasteiger partial charge in [-0.25, -0.2) is 0 Å². The van der Waals surface area contributed by atoms with E-state index in [2.05, 4.69) is 5.32 Å². The van der Waals surface area contributed by atoms with Crippen LogP contribution in [0.15, 0.2) is 54.6 Å². The molecule has 2 rings (SSSR count). The number of aliphatic hydroxyl groups excluding tert-OH is 1. The van der Waals surface area contributed by atoms with Crippen molar-refractivity contribution in [2.24, 2.45) is 0 Å². The molecule has 0 aliphatic carbocycles. The van der Waals surface area contributed by atoms with Gasteiger partial charge in [-0.1, -0.05) is 30.3 Å². The maximum absolute atomic E-state index is 10.4. The molecular weight excluding hydrogens is 278 g/mol. The number of benzene rings is 2. The van der Waals surface area contributed by atoms with Crippen molar-refractivity contribution in [2.75, 3.05) is 20.2 Å². The third kappa shape index (κ3) is 4.48. The molecule has 0 radical (unpaired) electrons. The Labute approximate surface area is 131 Å². The van der Waals surface area contributed by atoms with E-state index < -0.39 is 12.2 Å². The fraction of sp³-hybridized carbons (Fsp3) is 0.333. The molecule has 4 nitrogen and oxygen atoms in total. The van der Waals surface area contributed by atoms with E-state index in [4.69, 9.17) is 9.47 Å². The van der Waals surface area contributed by atoms with E-state index in [1.807, 2.05) is 68.6 Å². The summed E-state index contributed by atoms with van der Waals surface area (Å²) in [6.45, 7) is 3.04. The summed E-state index contributed by atoms with van der Waals surface area (Å²) in [6, 6.07) is 17.2. The second-order valence-corrected chi connectivity index (χ2v) is 4.98. The molecule has 22 heavy (non-hydrogen) atoms. The van der Waals surface area contributed by atoms with Crippen molar-refractivity contribution in [2.45, 2.75) is 19.1 Å². The average molecular weight is 301 g/mol. The van der Waals surface area contributed by atoms with Crippen molar-refractivity contribution in [1.82, 2.24) is 5.32 Å². The first-order valence-corrected chi connectivity index (χ1v) is 7.51. The van der Waals surface area contributed by atoms with Crippen molar-refractivity contribution < 1.29 is 14.6 Å². The van der Waals surface area contributed by atoms with Crippen LogP contribution in [0.25, 0.3) is 0 Å². The summed E-state index contributed by atoms with van der Waals surface area (Å²) in [5, 5.41) is 13.3. The van der Waals surface area contributed by atoms with Gasteiger partial charge in [0.05, 0.1) is 6.61 Å². The normalized spacial score (nSPS) is 13.4. The van der Waals surface area contributed by atoms with Gasteiger partial charge >= 0.3 is 0 Å². The Kier molecular flexibility index (Phi) is 6.25. The molecule has 0 aromatic heterocycles. The molecule has 0 fully saturated rings. The summed E-state index contributed by atoms with van der Waals surface area (Å²) in [6.07, 6.45) is -1.06. The minimum absolute atomic E-state index is 0.424. The maximum Gasteiger partial charge on any atom is 0.151 e. The number of nitrogens with one attached hydrogen (secondary N) is 1. The van der Waals surface area contributed by atoms with Crippen molar-refractivity contribution in [1.29, 1.82) is 0 Å². The van der Waals surface area contributed by atoms with Crippen molar-refractivity contribution >= 4 is 0 Å². The van der Waals surface area contributed by atoms with E-state index in [9.17, 15) is 5.11 Å². The molecule has 2 N–H and O–H groups in total. The highest BCUT2D eigenvalue weighted by atomic mass is 16.5. The van der Waals surface area contributed by atoms with Crippen LogP contribution in [0.2, 0.25) is 0 Å². The van der Waals surface area contributed by atoms with Gasteiger partial charge in [-0.05, 0) is 43.8 Å². The monoisotopic (exact) mass is 301 g/mol. The zero-order chi connectivity index (χ0) is 15.8. The fourth-order valence-electron chi connectivity index (χ4n) is 2.26. The average Bonchev–Trinajstić information content (AvgIpc) is 2.55. The van der Waals surface area contributed by atoms with Gasteiger partial charge in [0.2, 0.25) is 0 Å². The second kappa shape index (κ2) is 8.41. The van der Waals surface area contributed by atoms with Crippen LogP contribution in [-0.2, 0) is 0 Å². The Morgan fingerprint density at radius 3 is 2.23 bits per heavy atom. The molecule has 0 saturated heterocycles. The lowest BCUT2D eigenvalue weighted by Crippen LogP contribution is -2.32. The van der Waals surface area contributed by atoms with Gasteiger partial charge in [-0.3, -0.25) is 0 Å². The van der Waals surface area contributed by atoms with Crippen LogP contribution in [0.5, 0.6) is 11.5 Å². The molecule has 0 amide bonds. The molecule has 0 spiro atoms. The molecule has 2 aromatic rings. The van der Waals surface area contributed by atoms with Crippen LogP contribution in [0, 0.1) is 0 Å². The predicted molar refractivity (Wildman–Crippen MR) is 87.4 cm³/mol. The van der Waals surface area contributed by atoms with Crippen molar-refractivity contribution in [3.8, 4) is 11.5 Å². The number of hydrogen-bond donors (Lipinski definition) is 2. The lowest BCUT2D eigenvalue weighted by atomic mass is 10.0. The van der Waals surface area contributed by atoms with E-state index in [-0.39, 0.29) is 0 Å². The highest BCUT2D eigenvalue weighted by Crippen LogP contribution is 2.26. The van der Waals surface area contributed by atoms with Gasteiger partial charge in [0, 0.05) is 6.54 Å². The van der Waals surface area contributed by atoms with Crippen molar-refractivity contribution in [3.63, 3.8) is 0 Å². The number of aliphatic hydroxyl groups is 1. The summed E-state index contributed by atoms with van der Waals surface area (Å²) in [4.78, 5) is 0. The van der Waals surface area contributed by atoms with Crippen molar-refractivity contribution in [3.05, 3.63) is 60.2 Å². The van der Waals surface area contributed by atoms with Gasteiger partial charge in [-0.2, -0.15) is 0 Å². The van der Waals surface area contributed by atoms with Gasteiger partial charge in [0.25, 0.3) is 0 Å². The molecular formula is C18H23NO3. The van der Waals surface area contributed by atoms with Crippen LogP contribution in [0.1, 0.15) is 18.6 Å². The highest BCUT2D eigenvalue weighted by molar-refractivity contribution is 5.32. The summed E-state index contributed by atoms with van der Waals surface area (Å²) in [5.74, 6) is 1.51. The molecule has 4 heteroatoms. The van der Waals surface area contributed by atoms with Gasteiger partial charge < -0.3 is 19.9 Å². The summed E-state index contributed by atoms with van der Waals surface area (Å²) in [7, 11) is 1.81. The van der Waals surface area contributed by atoms with Crippen LogP contribution in [-0.4, -0.2) is 31.4 Å². The zero-order valence-electron chi connectivity index (χ0n) is 13.0. The molecule has 2 unspecified atom stereocenters. The lowest BCUT2D eigenvalue weighted by Gasteiger charge is -2.24. The first kappa shape index (κ1) is 16.3. The number of likely N-dealkylation sites (N-methyl/N-ethyl adjacent to an activating group) is 1. The van der Waals surface area contributed by atoms with Gasteiger partial charge in [-0.15, -0.1) is 0 Å². The number of ether oxygens (including phenoxy) is 2. The largest absolute Gasteiger partial charge is 0.494 e. The first-order chi connectivity index (χ1) is 10.7. The predicted octanol–water partition coefficient (Wildman–Crippen LogP) is 2.79. The van der Waals surface area contributed by atoms with Crippen LogP contribution < -0.4 is 14.8 Å². The van der Waals surface area contributed by atoms with E-state index in [0.29, 0.717) is 18.9 Å². The molecule has 0 saturated carbocycles. The molecule has 2 atom stereocenters. The maximum atomic E-state index is 10.4. The lowest BCUT2D eigenvalue weighted by molar-refractivity contribution is 0.0369. The minimum atomic E-state index is -0.640. The van der Waals surface area contributed by atoms with Crippen LogP contribution in [0.4, 0.5) is 0 Å². The number of rotatable bonds is 8. The molecule has 0 aliphatic rings. The Balaban J connectivity index is 2.15. The quantitative estimate of drug-likeness (QED) is 0.787. The van der Waals surface area contributed by atoms with E-state index in [1.165, 1.54) is 0 Å². The van der Waals surface area contributed by atoms with E-state index in [1.54, 1.807) is 0 Å². The first-order valence-electron chi connectivity index (χ1n) is 7.51. The fourth-order valence-corrected chi connectivity index (χ4v) is 2.26. The smallest absolute Gasteiger partial charge is 0.151 e. The summed E-state index contributed by atoms with van der Waals surface area (Å²) < 4.78 is 11.4. The molecule has 2 aromatic carbocycles. The minimum Gasteiger partial charge on any atom is -0.494 e. The van der Waals surface area contributed by atoms with Gasteiger partial charge in [0.1, 0.15) is 17.6 Å². The standard InChI is InChI=1S/C18H23NO3/c1-3-21-15-9-11-16(12-10-15)22-18(17(20)13-19-2)14-7-5-4-6-8-14/h4-12,17-20H,3,13H2,1-2H3. The Morgan fingerprint density at radius 1 is 1.00 bits per heavy atom. The Morgan fingerprint density at radius 2 is 1.64 bits per heavy atom. The summed E-state index contributed by atoms with van der Waals surface area (Å²) in [5.41, 5.74) is 0.944. The topological polar surface area (TPSA) is 50.7 Å². The third-order valence-corrected chi connectivity index (χ3v) is 3.29. The van der Waals surface area contributed by atoms with E-state index >= 15 is 0 Å². The number of hydrogen-bond acceptors (Lipinski definition) is 4. The van der Waals surface area contributed by atoms with Gasteiger partial charge in [0.15, 0.2) is 6.10 Å². The summed E-state index contributed by atoms with van der Waals surface area (Å²) >= 11 is 0. The van der Waals surface area contributed by atoms with Crippen LogP contribution >= 0.6 is 0 Å². The highest BCUT2D eigenvalue weighted by Gasteiger charge is 2.22. The Bertz CT molecular complexity index is 542. The second-order valence-electron chi connectivity index (χ2n) is 4.98. The zero-order valence-corrected chi connectivity index (χ0v) is 13.0. The molecule has 0 heterocycles. The Hall–Kier alpha value is -2.04. The third-order valence-electron chi connectivity index (χ3n) is 3.29. The SMILES string of the molecule is CCOc1ccc(OC(c2ccccc2)C(O)CNC)cc1. The van der Waals surface area contributed by atoms with Crippen LogP contribution in [0.3, 0.4) is 0 Å².